The summed E-state index contributed by atoms with van der Waals surface area (Å²) in [6.45, 7) is -0.443. The average molecular weight is 298 g/mol. The highest BCUT2D eigenvalue weighted by molar-refractivity contribution is 6.31. The van der Waals surface area contributed by atoms with Crippen molar-refractivity contribution in [3.05, 3.63) is 58.6 Å². The molecule has 2 aromatic carbocycles. The van der Waals surface area contributed by atoms with Crippen molar-refractivity contribution < 1.29 is 13.5 Å². The first kappa shape index (κ1) is 14.6. The molecule has 20 heavy (non-hydrogen) atoms. The van der Waals surface area contributed by atoms with Crippen molar-refractivity contribution in [2.75, 3.05) is 5.32 Å². The number of rotatable bonds is 5. The predicted octanol–water partition coefficient (Wildman–Crippen LogP) is 4.86. The van der Waals surface area contributed by atoms with Crippen LogP contribution in [-0.2, 0) is 6.54 Å². The molecule has 106 valence electrons. The molecule has 0 unspecified atom stereocenters. The molecule has 0 saturated heterocycles. The lowest BCUT2D eigenvalue weighted by molar-refractivity contribution is -0.0493. The van der Waals surface area contributed by atoms with Crippen LogP contribution in [0.4, 0.5) is 14.5 Å². The second-order valence-electron chi connectivity index (χ2n) is 4.31. The molecule has 2 aromatic rings. The van der Waals surface area contributed by atoms with Crippen molar-refractivity contribution in [3.8, 4) is 5.75 Å². The van der Waals surface area contributed by atoms with Gasteiger partial charge in [-0.3, -0.25) is 0 Å². The predicted molar refractivity (Wildman–Crippen MR) is 76.6 cm³/mol. The number of halogens is 3. The number of anilines is 1. The molecule has 0 bridgehead atoms. The van der Waals surface area contributed by atoms with Crippen molar-refractivity contribution in [3.63, 3.8) is 0 Å². The van der Waals surface area contributed by atoms with Gasteiger partial charge in [0, 0.05) is 11.6 Å². The summed E-state index contributed by atoms with van der Waals surface area (Å²) in [6.07, 6.45) is 0. The summed E-state index contributed by atoms with van der Waals surface area (Å²) >= 11 is 6.04. The standard InChI is InChI=1S/C15H14ClF2NO/c1-10-6-7-11(8-12(10)16)9-19-13-4-2-3-5-14(13)20-15(17)18/h2-8,15,19H,9H2,1H3. The molecule has 0 fully saturated rings. The number of hydrogen-bond acceptors (Lipinski definition) is 2. The normalized spacial score (nSPS) is 10.7. The number of hydrogen-bond donors (Lipinski definition) is 1. The van der Waals surface area contributed by atoms with Gasteiger partial charge >= 0.3 is 6.61 Å². The van der Waals surface area contributed by atoms with Gasteiger partial charge in [0.2, 0.25) is 0 Å². The lowest BCUT2D eigenvalue weighted by atomic mass is 10.1. The molecule has 0 aliphatic rings. The number of benzene rings is 2. The Labute approximate surface area is 121 Å². The quantitative estimate of drug-likeness (QED) is 0.851. The van der Waals surface area contributed by atoms with Crippen LogP contribution in [0.2, 0.25) is 5.02 Å². The maximum absolute atomic E-state index is 12.3. The van der Waals surface area contributed by atoms with Gasteiger partial charge < -0.3 is 10.1 Å². The highest BCUT2D eigenvalue weighted by atomic mass is 35.5. The van der Waals surface area contributed by atoms with Crippen LogP contribution < -0.4 is 10.1 Å². The zero-order chi connectivity index (χ0) is 14.5. The van der Waals surface area contributed by atoms with E-state index in [1.807, 2.05) is 25.1 Å². The van der Waals surface area contributed by atoms with Crippen LogP contribution in [0, 0.1) is 6.92 Å². The molecule has 0 heterocycles. The largest absolute Gasteiger partial charge is 0.433 e. The Kier molecular flexibility index (Phi) is 4.79. The summed E-state index contributed by atoms with van der Waals surface area (Å²) in [5, 5.41) is 3.75. The lowest BCUT2D eigenvalue weighted by Gasteiger charge is -2.13. The van der Waals surface area contributed by atoms with Crippen molar-refractivity contribution >= 4 is 17.3 Å². The molecule has 0 atom stereocenters. The third kappa shape index (κ3) is 3.84. The van der Waals surface area contributed by atoms with E-state index in [1.165, 1.54) is 6.07 Å². The molecular weight excluding hydrogens is 284 g/mol. The van der Waals surface area contributed by atoms with E-state index in [0.29, 0.717) is 17.3 Å². The fraction of sp³-hybridized carbons (Fsp3) is 0.200. The number of aryl methyl sites for hydroxylation is 1. The molecule has 0 aliphatic heterocycles. The minimum absolute atomic E-state index is 0.126. The van der Waals surface area contributed by atoms with E-state index in [9.17, 15) is 8.78 Å². The minimum atomic E-state index is -2.84. The molecule has 0 aliphatic carbocycles. The summed E-state index contributed by atoms with van der Waals surface area (Å²) in [5.74, 6) is 0.126. The zero-order valence-electron chi connectivity index (χ0n) is 10.9. The van der Waals surface area contributed by atoms with Gasteiger partial charge in [0.15, 0.2) is 0 Å². The summed E-state index contributed by atoms with van der Waals surface area (Å²) in [7, 11) is 0. The smallest absolute Gasteiger partial charge is 0.387 e. The molecule has 0 radical (unpaired) electrons. The van der Waals surface area contributed by atoms with Crippen LogP contribution in [-0.4, -0.2) is 6.61 Å². The first-order valence-electron chi connectivity index (χ1n) is 6.09. The van der Waals surface area contributed by atoms with Gasteiger partial charge in [-0.05, 0) is 36.2 Å². The maximum Gasteiger partial charge on any atom is 0.387 e. The second kappa shape index (κ2) is 6.57. The number of ether oxygens (including phenoxy) is 1. The highest BCUT2D eigenvalue weighted by Crippen LogP contribution is 2.26. The van der Waals surface area contributed by atoms with Crippen molar-refractivity contribution in [1.82, 2.24) is 0 Å². The Hall–Kier alpha value is -1.81. The molecule has 5 heteroatoms. The molecule has 2 nitrogen and oxygen atoms in total. The van der Waals surface area contributed by atoms with Gasteiger partial charge in [-0.25, -0.2) is 0 Å². The zero-order valence-corrected chi connectivity index (χ0v) is 11.6. The number of para-hydroxylation sites is 2. The van der Waals surface area contributed by atoms with E-state index in [-0.39, 0.29) is 5.75 Å². The molecule has 0 spiro atoms. The molecule has 2 rings (SSSR count). The first-order chi connectivity index (χ1) is 9.56. The Balaban J connectivity index is 2.08. The Morgan fingerprint density at radius 1 is 1.20 bits per heavy atom. The average Bonchev–Trinajstić information content (AvgIpc) is 2.41. The van der Waals surface area contributed by atoms with Gasteiger partial charge in [0.25, 0.3) is 0 Å². The lowest BCUT2D eigenvalue weighted by Crippen LogP contribution is -2.06. The molecule has 0 aromatic heterocycles. The van der Waals surface area contributed by atoms with E-state index in [0.717, 1.165) is 11.1 Å². The van der Waals surface area contributed by atoms with E-state index >= 15 is 0 Å². The molecule has 1 N–H and O–H groups in total. The Morgan fingerprint density at radius 3 is 2.65 bits per heavy atom. The Morgan fingerprint density at radius 2 is 1.95 bits per heavy atom. The summed E-state index contributed by atoms with van der Waals surface area (Å²) in [4.78, 5) is 0. The van der Waals surface area contributed by atoms with Gasteiger partial charge in [0.1, 0.15) is 5.75 Å². The van der Waals surface area contributed by atoms with Gasteiger partial charge in [-0.2, -0.15) is 8.78 Å². The van der Waals surface area contributed by atoms with Crippen LogP contribution in [0.5, 0.6) is 5.75 Å². The first-order valence-corrected chi connectivity index (χ1v) is 6.47. The molecule has 0 saturated carbocycles. The van der Waals surface area contributed by atoms with Crippen LogP contribution in [0.25, 0.3) is 0 Å². The monoisotopic (exact) mass is 297 g/mol. The van der Waals surface area contributed by atoms with Crippen LogP contribution in [0.1, 0.15) is 11.1 Å². The van der Waals surface area contributed by atoms with Crippen molar-refractivity contribution in [1.29, 1.82) is 0 Å². The maximum atomic E-state index is 12.3. The minimum Gasteiger partial charge on any atom is -0.433 e. The third-order valence-corrected chi connectivity index (χ3v) is 3.23. The van der Waals surface area contributed by atoms with E-state index in [2.05, 4.69) is 10.1 Å². The van der Waals surface area contributed by atoms with Gasteiger partial charge in [0.05, 0.1) is 5.69 Å². The van der Waals surface area contributed by atoms with Gasteiger partial charge in [-0.15, -0.1) is 0 Å². The van der Waals surface area contributed by atoms with Crippen LogP contribution >= 0.6 is 11.6 Å². The fourth-order valence-corrected chi connectivity index (χ4v) is 1.96. The van der Waals surface area contributed by atoms with E-state index in [4.69, 9.17) is 11.6 Å². The van der Waals surface area contributed by atoms with Crippen LogP contribution in [0.3, 0.4) is 0 Å². The summed E-state index contributed by atoms with van der Waals surface area (Å²) < 4.78 is 29.0. The van der Waals surface area contributed by atoms with Crippen LogP contribution in [0.15, 0.2) is 42.5 Å². The SMILES string of the molecule is Cc1ccc(CNc2ccccc2OC(F)F)cc1Cl. The second-order valence-corrected chi connectivity index (χ2v) is 4.72. The Bertz CT molecular complexity index is 590. The molecule has 0 amide bonds. The topological polar surface area (TPSA) is 21.3 Å². The van der Waals surface area contributed by atoms with Gasteiger partial charge in [-0.1, -0.05) is 35.9 Å². The fourth-order valence-electron chi connectivity index (χ4n) is 1.76. The highest BCUT2D eigenvalue weighted by Gasteiger charge is 2.08. The number of nitrogens with one attached hydrogen (secondary N) is 1. The van der Waals surface area contributed by atoms with Crippen molar-refractivity contribution in [2.24, 2.45) is 0 Å². The summed E-state index contributed by atoms with van der Waals surface area (Å²) in [6, 6.07) is 12.3. The van der Waals surface area contributed by atoms with Crippen molar-refractivity contribution in [2.45, 2.75) is 20.1 Å². The summed E-state index contributed by atoms with van der Waals surface area (Å²) in [5.41, 5.74) is 2.48. The third-order valence-electron chi connectivity index (χ3n) is 2.82. The van der Waals surface area contributed by atoms with E-state index in [1.54, 1.807) is 18.2 Å². The van der Waals surface area contributed by atoms with E-state index < -0.39 is 6.61 Å². The number of alkyl halides is 2. The molecular formula is C15H14ClF2NO.